The summed E-state index contributed by atoms with van der Waals surface area (Å²) in [6.45, 7) is 5.51. The standard InChI is InChI=1S/C14H16F3N3O/c1-7(2)12-8(3)19-20(13(12)21)11-5-4-9(6-10(11)18)14(15,16)17/h4-7,12H,18H2,1-3H3. The molecule has 0 radical (unpaired) electrons. The van der Waals surface area contributed by atoms with Gasteiger partial charge in [0, 0.05) is 5.71 Å². The van der Waals surface area contributed by atoms with Gasteiger partial charge < -0.3 is 5.73 Å². The van der Waals surface area contributed by atoms with Crippen molar-refractivity contribution in [1.29, 1.82) is 0 Å². The third-order valence-corrected chi connectivity index (χ3v) is 3.43. The fraction of sp³-hybridized carbons (Fsp3) is 0.429. The maximum absolute atomic E-state index is 12.6. The van der Waals surface area contributed by atoms with E-state index >= 15 is 0 Å². The average Bonchev–Trinajstić information content (AvgIpc) is 2.63. The highest BCUT2D eigenvalue weighted by Crippen LogP contribution is 2.36. The van der Waals surface area contributed by atoms with Gasteiger partial charge in [0.15, 0.2) is 0 Å². The maximum Gasteiger partial charge on any atom is 0.416 e. The van der Waals surface area contributed by atoms with Crippen molar-refractivity contribution < 1.29 is 18.0 Å². The molecule has 114 valence electrons. The Morgan fingerprint density at radius 2 is 1.95 bits per heavy atom. The van der Waals surface area contributed by atoms with Crippen LogP contribution >= 0.6 is 0 Å². The number of halogens is 3. The highest BCUT2D eigenvalue weighted by Gasteiger charge is 2.38. The SMILES string of the molecule is CC1=NN(c2ccc(C(F)(F)F)cc2N)C(=O)C1C(C)C. The van der Waals surface area contributed by atoms with E-state index in [4.69, 9.17) is 5.73 Å². The molecule has 0 aromatic heterocycles. The quantitative estimate of drug-likeness (QED) is 0.852. The summed E-state index contributed by atoms with van der Waals surface area (Å²) in [5.41, 5.74) is 5.50. The van der Waals surface area contributed by atoms with Gasteiger partial charge >= 0.3 is 6.18 Å². The molecule has 0 aliphatic carbocycles. The normalized spacial score (nSPS) is 19.4. The van der Waals surface area contributed by atoms with E-state index in [-0.39, 0.29) is 29.1 Å². The zero-order valence-corrected chi connectivity index (χ0v) is 11.9. The van der Waals surface area contributed by atoms with Crippen LogP contribution in [0.5, 0.6) is 0 Å². The summed E-state index contributed by atoms with van der Waals surface area (Å²) in [6.07, 6.45) is -4.47. The smallest absolute Gasteiger partial charge is 0.397 e. The van der Waals surface area contributed by atoms with E-state index in [0.29, 0.717) is 5.71 Å². The summed E-state index contributed by atoms with van der Waals surface area (Å²) < 4.78 is 37.9. The number of hydrazone groups is 1. The van der Waals surface area contributed by atoms with Crippen LogP contribution in [0.4, 0.5) is 24.5 Å². The molecule has 0 saturated heterocycles. The lowest BCUT2D eigenvalue weighted by molar-refractivity contribution is -0.137. The molecule has 1 unspecified atom stereocenters. The van der Waals surface area contributed by atoms with Crippen molar-refractivity contribution >= 4 is 23.0 Å². The fourth-order valence-electron chi connectivity index (χ4n) is 2.44. The molecule has 0 fully saturated rings. The van der Waals surface area contributed by atoms with Crippen LogP contribution in [0.2, 0.25) is 0 Å². The Bertz CT molecular complexity index is 608. The summed E-state index contributed by atoms with van der Waals surface area (Å²) in [6, 6.07) is 2.89. The number of alkyl halides is 3. The van der Waals surface area contributed by atoms with Gasteiger partial charge in [-0.3, -0.25) is 4.79 Å². The van der Waals surface area contributed by atoms with Gasteiger partial charge in [0.25, 0.3) is 5.91 Å². The van der Waals surface area contributed by atoms with Crippen molar-refractivity contribution in [2.75, 3.05) is 10.7 Å². The minimum atomic E-state index is -4.47. The topological polar surface area (TPSA) is 58.7 Å². The Hall–Kier alpha value is -2.05. The van der Waals surface area contributed by atoms with Gasteiger partial charge in [-0.15, -0.1) is 0 Å². The lowest BCUT2D eigenvalue weighted by Crippen LogP contribution is -2.30. The first kappa shape index (κ1) is 15.3. The van der Waals surface area contributed by atoms with E-state index in [0.717, 1.165) is 17.1 Å². The van der Waals surface area contributed by atoms with E-state index < -0.39 is 11.7 Å². The third kappa shape index (κ3) is 2.72. The zero-order chi connectivity index (χ0) is 15.9. The summed E-state index contributed by atoms with van der Waals surface area (Å²) in [4.78, 5) is 12.3. The van der Waals surface area contributed by atoms with Gasteiger partial charge in [0.2, 0.25) is 0 Å². The van der Waals surface area contributed by atoms with Gasteiger partial charge in [-0.25, -0.2) is 0 Å². The van der Waals surface area contributed by atoms with E-state index in [9.17, 15) is 18.0 Å². The summed E-state index contributed by atoms with van der Waals surface area (Å²) in [5.74, 6) is -0.581. The predicted octanol–water partition coefficient (Wildman–Crippen LogP) is 3.28. The molecule has 0 spiro atoms. The lowest BCUT2D eigenvalue weighted by atomic mass is 9.92. The molecule has 0 saturated carbocycles. The largest absolute Gasteiger partial charge is 0.416 e. The Morgan fingerprint density at radius 1 is 1.33 bits per heavy atom. The van der Waals surface area contributed by atoms with Crippen LogP contribution in [0.25, 0.3) is 0 Å². The molecule has 4 nitrogen and oxygen atoms in total. The summed E-state index contributed by atoms with van der Waals surface area (Å²) in [7, 11) is 0. The molecule has 2 rings (SSSR count). The molecule has 21 heavy (non-hydrogen) atoms. The summed E-state index contributed by atoms with van der Waals surface area (Å²) in [5, 5.41) is 5.23. The highest BCUT2D eigenvalue weighted by molar-refractivity contribution is 6.15. The first-order valence-electron chi connectivity index (χ1n) is 6.48. The number of amides is 1. The first-order chi connectivity index (χ1) is 9.62. The van der Waals surface area contributed by atoms with E-state index in [1.807, 2.05) is 13.8 Å². The number of hydrogen-bond acceptors (Lipinski definition) is 3. The number of hydrogen-bond donors (Lipinski definition) is 1. The minimum absolute atomic E-state index is 0.0573. The average molecular weight is 299 g/mol. The van der Waals surface area contributed by atoms with Gasteiger partial charge in [-0.1, -0.05) is 13.8 Å². The Labute approximate surface area is 120 Å². The minimum Gasteiger partial charge on any atom is -0.397 e. The van der Waals surface area contributed by atoms with Gasteiger partial charge in [-0.2, -0.15) is 23.3 Å². The number of benzene rings is 1. The molecule has 1 amide bonds. The number of rotatable bonds is 2. The van der Waals surface area contributed by atoms with Crippen LogP contribution in [-0.2, 0) is 11.0 Å². The molecular formula is C14H16F3N3O. The van der Waals surface area contributed by atoms with E-state index in [1.54, 1.807) is 6.92 Å². The van der Waals surface area contributed by atoms with Crippen LogP contribution < -0.4 is 10.7 Å². The van der Waals surface area contributed by atoms with E-state index in [1.165, 1.54) is 6.07 Å². The fourth-order valence-corrected chi connectivity index (χ4v) is 2.44. The Morgan fingerprint density at radius 3 is 2.38 bits per heavy atom. The van der Waals surface area contributed by atoms with Crippen molar-refractivity contribution in [2.45, 2.75) is 26.9 Å². The second-order valence-electron chi connectivity index (χ2n) is 5.38. The molecule has 1 heterocycles. The van der Waals surface area contributed by atoms with Gasteiger partial charge in [-0.05, 0) is 31.0 Å². The third-order valence-electron chi connectivity index (χ3n) is 3.43. The van der Waals surface area contributed by atoms with Crippen molar-refractivity contribution in [3.8, 4) is 0 Å². The van der Waals surface area contributed by atoms with Crippen molar-refractivity contribution in [3.63, 3.8) is 0 Å². The molecule has 1 aromatic carbocycles. The van der Waals surface area contributed by atoms with Crippen LogP contribution in [0.15, 0.2) is 23.3 Å². The van der Waals surface area contributed by atoms with Crippen molar-refractivity contribution in [3.05, 3.63) is 23.8 Å². The van der Waals surface area contributed by atoms with Gasteiger partial charge in [0.05, 0.1) is 22.9 Å². The van der Waals surface area contributed by atoms with Crippen LogP contribution in [0.1, 0.15) is 26.3 Å². The molecule has 1 aromatic rings. The van der Waals surface area contributed by atoms with Gasteiger partial charge in [0.1, 0.15) is 0 Å². The zero-order valence-electron chi connectivity index (χ0n) is 11.9. The second-order valence-corrected chi connectivity index (χ2v) is 5.38. The summed E-state index contributed by atoms with van der Waals surface area (Å²) >= 11 is 0. The number of nitrogen functional groups attached to an aromatic ring is 1. The number of nitrogens with zero attached hydrogens (tertiary/aromatic N) is 2. The number of carbonyl (C=O) groups excluding carboxylic acids is 1. The molecule has 7 heteroatoms. The Balaban J connectivity index is 2.39. The number of carbonyl (C=O) groups is 1. The van der Waals surface area contributed by atoms with Crippen LogP contribution in [0.3, 0.4) is 0 Å². The maximum atomic E-state index is 12.6. The van der Waals surface area contributed by atoms with Crippen LogP contribution in [-0.4, -0.2) is 11.6 Å². The molecule has 1 aliphatic rings. The van der Waals surface area contributed by atoms with Crippen molar-refractivity contribution in [2.24, 2.45) is 16.9 Å². The first-order valence-corrected chi connectivity index (χ1v) is 6.48. The molecular weight excluding hydrogens is 283 g/mol. The number of anilines is 2. The monoisotopic (exact) mass is 299 g/mol. The van der Waals surface area contributed by atoms with Crippen molar-refractivity contribution in [1.82, 2.24) is 0 Å². The predicted molar refractivity (Wildman–Crippen MR) is 74.8 cm³/mol. The lowest BCUT2D eigenvalue weighted by Gasteiger charge is -2.18. The number of nitrogens with two attached hydrogens (primary N) is 1. The van der Waals surface area contributed by atoms with Crippen LogP contribution in [0, 0.1) is 11.8 Å². The molecule has 1 atom stereocenters. The second kappa shape index (κ2) is 5.05. The molecule has 2 N–H and O–H groups in total. The highest BCUT2D eigenvalue weighted by atomic mass is 19.4. The van der Waals surface area contributed by atoms with E-state index in [2.05, 4.69) is 5.10 Å². The molecule has 0 bridgehead atoms. The Kier molecular flexibility index (Phi) is 3.69. The molecule has 1 aliphatic heterocycles.